The van der Waals surface area contributed by atoms with Gasteiger partial charge < -0.3 is 5.11 Å². The maximum Gasteiger partial charge on any atom is 0.129 e. The molecule has 1 N–H and O–H groups in total. The third-order valence-electron chi connectivity index (χ3n) is 1.78. The fraction of sp³-hybridized carbons (Fsp3) is 0.333. The highest BCUT2D eigenvalue weighted by atomic mass is 19.1. The molecule has 1 nitrogen and oxygen atoms in total. The summed E-state index contributed by atoms with van der Waals surface area (Å²) < 4.78 is 25.5. The van der Waals surface area contributed by atoms with Crippen LogP contribution in [0.1, 0.15) is 18.1 Å². The predicted molar refractivity (Wildman–Crippen MR) is 41.7 cm³/mol. The van der Waals surface area contributed by atoms with Crippen LogP contribution in [0.15, 0.2) is 12.1 Å². The lowest BCUT2D eigenvalue weighted by atomic mass is 10.1. The predicted octanol–water partition coefficient (Wildman–Crippen LogP) is 2.02. The first kappa shape index (κ1) is 9.13. The van der Waals surface area contributed by atoms with Crippen molar-refractivity contribution in [3.05, 3.63) is 34.9 Å². The Hall–Kier alpha value is -0.960. The van der Waals surface area contributed by atoms with Crippen LogP contribution in [0.4, 0.5) is 8.78 Å². The minimum Gasteiger partial charge on any atom is -0.392 e. The summed E-state index contributed by atoms with van der Waals surface area (Å²) in [5.41, 5.74) is 0.717. The Labute approximate surface area is 69.7 Å². The van der Waals surface area contributed by atoms with E-state index in [1.54, 1.807) is 6.92 Å². The zero-order chi connectivity index (χ0) is 9.14. The quantitative estimate of drug-likeness (QED) is 0.723. The van der Waals surface area contributed by atoms with E-state index in [1.807, 2.05) is 0 Å². The van der Waals surface area contributed by atoms with Gasteiger partial charge in [-0.1, -0.05) is 6.92 Å². The molecular weight excluding hydrogens is 162 g/mol. The largest absolute Gasteiger partial charge is 0.392 e. The van der Waals surface area contributed by atoms with Gasteiger partial charge in [0.1, 0.15) is 11.6 Å². The van der Waals surface area contributed by atoms with E-state index >= 15 is 0 Å². The zero-order valence-corrected chi connectivity index (χ0v) is 6.77. The Bertz CT molecular complexity index is 284. The topological polar surface area (TPSA) is 20.2 Å². The Morgan fingerprint density at radius 2 is 2.00 bits per heavy atom. The fourth-order valence-corrected chi connectivity index (χ4v) is 1.19. The average Bonchev–Trinajstić information content (AvgIpc) is 2.03. The van der Waals surface area contributed by atoms with Gasteiger partial charge in [-0.2, -0.15) is 0 Å². The van der Waals surface area contributed by atoms with Gasteiger partial charge >= 0.3 is 0 Å². The summed E-state index contributed by atoms with van der Waals surface area (Å²) in [5.74, 6) is -1.23. The van der Waals surface area contributed by atoms with Gasteiger partial charge in [0.25, 0.3) is 0 Å². The van der Waals surface area contributed by atoms with Gasteiger partial charge in [0.15, 0.2) is 0 Å². The van der Waals surface area contributed by atoms with Gasteiger partial charge in [0.05, 0.1) is 6.61 Å². The molecule has 3 heteroatoms. The van der Waals surface area contributed by atoms with Crippen molar-refractivity contribution < 1.29 is 13.9 Å². The second-order valence-electron chi connectivity index (χ2n) is 2.54. The highest BCUT2D eigenvalue weighted by Crippen LogP contribution is 2.16. The molecule has 0 aliphatic carbocycles. The van der Waals surface area contributed by atoms with E-state index < -0.39 is 11.6 Å². The molecule has 0 fully saturated rings. The molecule has 12 heavy (non-hydrogen) atoms. The first-order valence-electron chi connectivity index (χ1n) is 3.76. The third-order valence-corrected chi connectivity index (χ3v) is 1.78. The first-order chi connectivity index (χ1) is 5.69. The Morgan fingerprint density at radius 3 is 2.50 bits per heavy atom. The number of hydrogen-bond acceptors (Lipinski definition) is 1. The highest BCUT2D eigenvalue weighted by molar-refractivity contribution is 5.28. The Balaban J connectivity index is 3.24. The molecule has 0 bridgehead atoms. The van der Waals surface area contributed by atoms with Crippen LogP contribution in [-0.4, -0.2) is 5.11 Å². The Kier molecular flexibility index (Phi) is 2.76. The van der Waals surface area contributed by atoms with Crippen LogP contribution in [0.5, 0.6) is 0 Å². The van der Waals surface area contributed by atoms with Crippen LogP contribution < -0.4 is 0 Å². The van der Waals surface area contributed by atoms with E-state index in [2.05, 4.69) is 0 Å². The van der Waals surface area contributed by atoms with Crippen LogP contribution in [0.2, 0.25) is 0 Å². The monoisotopic (exact) mass is 172 g/mol. The lowest BCUT2D eigenvalue weighted by Gasteiger charge is -2.05. The molecule has 0 heterocycles. The lowest BCUT2D eigenvalue weighted by Crippen LogP contribution is -1.98. The summed E-state index contributed by atoms with van der Waals surface area (Å²) in [6, 6.07) is 1.99. The third kappa shape index (κ3) is 1.61. The lowest BCUT2D eigenvalue weighted by molar-refractivity contribution is 0.279. The van der Waals surface area contributed by atoms with Crippen molar-refractivity contribution >= 4 is 0 Å². The summed E-state index contributed by atoms with van der Waals surface area (Å²) in [5, 5.41) is 8.77. The summed E-state index contributed by atoms with van der Waals surface area (Å²) in [6.45, 7) is 1.44. The van der Waals surface area contributed by atoms with Crippen LogP contribution >= 0.6 is 0 Å². The van der Waals surface area contributed by atoms with Crippen molar-refractivity contribution in [3.8, 4) is 0 Å². The van der Waals surface area contributed by atoms with Crippen molar-refractivity contribution in [2.24, 2.45) is 0 Å². The minimum absolute atomic E-state index is 0.322. The summed E-state index contributed by atoms with van der Waals surface area (Å²) in [4.78, 5) is 0. The molecular formula is C9H10F2O. The number of rotatable bonds is 2. The van der Waals surface area contributed by atoms with E-state index in [0.29, 0.717) is 17.5 Å². The van der Waals surface area contributed by atoms with E-state index in [4.69, 9.17) is 5.11 Å². The molecule has 0 unspecified atom stereocenters. The van der Waals surface area contributed by atoms with Crippen LogP contribution in [-0.2, 0) is 13.0 Å². The van der Waals surface area contributed by atoms with Gasteiger partial charge in [0, 0.05) is 6.07 Å². The molecule has 0 amide bonds. The molecule has 1 aromatic carbocycles. The molecule has 66 valence electrons. The smallest absolute Gasteiger partial charge is 0.129 e. The summed E-state index contributed by atoms with van der Waals surface area (Å²) in [6.07, 6.45) is 0.460. The molecule has 0 spiro atoms. The van der Waals surface area contributed by atoms with Gasteiger partial charge in [-0.05, 0) is 23.6 Å². The Morgan fingerprint density at radius 1 is 1.33 bits per heavy atom. The molecule has 1 aromatic rings. The van der Waals surface area contributed by atoms with Crippen LogP contribution in [0.25, 0.3) is 0 Å². The molecule has 0 aromatic heterocycles. The number of benzene rings is 1. The van der Waals surface area contributed by atoms with Crippen molar-refractivity contribution in [1.82, 2.24) is 0 Å². The fourth-order valence-electron chi connectivity index (χ4n) is 1.19. The molecule has 0 atom stereocenters. The minimum atomic E-state index is -0.645. The van der Waals surface area contributed by atoms with Crippen molar-refractivity contribution in [2.75, 3.05) is 0 Å². The van der Waals surface area contributed by atoms with Crippen LogP contribution in [0.3, 0.4) is 0 Å². The molecule has 0 aliphatic heterocycles. The van der Waals surface area contributed by atoms with Gasteiger partial charge in [-0.3, -0.25) is 0 Å². The normalized spacial score (nSPS) is 10.3. The van der Waals surface area contributed by atoms with Crippen molar-refractivity contribution in [3.63, 3.8) is 0 Å². The second kappa shape index (κ2) is 3.63. The maximum atomic E-state index is 12.9. The highest BCUT2D eigenvalue weighted by Gasteiger charge is 2.07. The molecule has 0 saturated heterocycles. The first-order valence-corrected chi connectivity index (χ1v) is 3.76. The second-order valence-corrected chi connectivity index (χ2v) is 2.54. The van der Waals surface area contributed by atoms with E-state index in [1.165, 1.54) is 0 Å². The zero-order valence-electron chi connectivity index (χ0n) is 6.77. The van der Waals surface area contributed by atoms with E-state index in [-0.39, 0.29) is 6.61 Å². The number of halogens is 2. The molecule has 0 saturated carbocycles. The standard InChI is InChI=1S/C9H10F2O/c1-2-8-6(5-12)3-7(10)4-9(8)11/h3-4,12H,2,5H2,1H3. The van der Waals surface area contributed by atoms with Gasteiger partial charge in [-0.15, -0.1) is 0 Å². The SMILES string of the molecule is CCc1c(F)cc(F)cc1CO. The van der Waals surface area contributed by atoms with Gasteiger partial charge in [-0.25, -0.2) is 8.78 Å². The molecule has 1 rings (SSSR count). The molecule has 0 aliphatic rings. The van der Waals surface area contributed by atoms with Crippen LogP contribution in [0, 0.1) is 11.6 Å². The van der Waals surface area contributed by atoms with Crippen molar-refractivity contribution in [1.29, 1.82) is 0 Å². The van der Waals surface area contributed by atoms with E-state index in [0.717, 1.165) is 12.1 Å². The molecule has 0 radical (unpaired) electrons. The maximum absolute atomic E-state index is 12.9. The van der Waals surface area contributed by atoms with Gasteiger partial charge in [0.2, 0.25) is 0 Å². The van der Waals surface area contributed by atoms with E-state index in [9.17, 15) is 8.78 Å². The number of hydrogen-bond donors (Lipinski definition) is 1. The number of aliphatic hydroxyl groups excluding tert-OH is 1. The average molecular weight is 172 g/mol. The summed E-state index contributed by atoms with van der Waals surface area (Å²) >= 11 is 0. The van der Waals surface area contributed by atoms with Crippen molar-refractivity contribution in [2.45, 2.75) is 20.0 Å². The summed E-state index contributed by atoms with van der Waals surface area (Å²) in [7, 11) is 0. The number of aliphatic hydroxyl groups is 1.